The number of hydrogen-bond acceptors (Lipinski definition) is 1. The number of amides is 1. The Morgan fingerprint density at radius 3 is 1.88 bits per heavy atom. The topological polar surface area (TPSA) is 29.1 Å². The summed E-state index contributed by atoms with van der Waals surface area (Å²) in [5.41, 5.74) is 2.22. The molecule has 17 heavy (non-hydrogen) atoms. The molecule has 0 heterocycles. The van der Waals surface area contributed by atoms with Crippen LogP contribution in [0.4, 0.5) is 5.69 Å². The standard InChI is InChI=1S/C14H20BrNO/c1-13(2,3)10-6-8-11(9-7-10)16-12(17)14(4,5)15/h6-9H,1-5H3,(H,16,17). The smallest absolute Gasteiger partial charge is 0.240 e. The third kappa shape index (κ3) is 4.15. The van der Waals surface area contributed by atoms with Gasteiger partial charge in [-0.15, -0.1) is 0 Å². The van der Waals surface area contributed by atoms with Crippen molar-refractivity contribution in [3.8, 4) is 0 Å². The van der Waals surface area contributed by atoms with Crippen LogP contribution >= 0.6 is 15.9 Å². The van der Waals surface area contributed by atoms with E-state index < -0.39 is 4.32 Å². The average Bonchev–Trinajstić information content (AvgIpc) is 2.15. The number of carbonyl (C=O) groups is 1. The van der Waals surface area contributed by atoms with Crippen molar-refractivity contribution in [2.45, 2.75) is 44.4 Å². The lowest BCUT2D eigenvalue weighted by Gasteiger charge is -2.20. The van der Waals surface area contributed by atoms with Gasteiger partial charge in [0, 0.05) is 5.69 Å². The Balaban J connectivity index is 2.80. The van der Waals surface area contributed by atoms with Crippen molar-refractivity contribution in [3.05, 3.63) is 29.8 Å². The highest BCUT2D eigenvalue weighted by Crippen LogP contribution is 2.24. The summed E-state index contributed by atoms with van der Waals surface area (Å²) in [6, 6.07) is 7.99. The molecule has 0 aromatic heterocycles. The molecule has 94 valence electrons. The summed E-state index contributed by atoms with van der Waals surface area (Å²) < 4.78 is -0.546. The largest absolute Gasteiger partial charge is 0.325 e. The molecular weight excluding hydrogens is 278 g/mol. The van der Waals surface area contributed by atoms with Crippen LogP contribution in [0.2, 0.25) is 0 Å². The first-order valence-electron chi connectivity index (χ1n) is 5.71. The number of rotatable bonds is 2. The molecule has 3 heteroatoms. The van der Waals surface area contributed by atoms with Crippen LogP contribution in [0.25, 0.3) is 0 Å². The lowest BCUT2D eigenvalue weighted by atomic mass is 9.87. The second-order valence-electron chi connectivity index (χ2n) is 5.75. The molecule has 1 aromatic rings. The summed E-state index contributed by atoms with van der Waals surface area (Å²) in [7, 11) is 0. The highest BCUT2D eigenvalue weighted by Gasteiger charge is 2.23. The third-order valence-corrected chi connectivity index (χ3v) is 2.91. The van der Waals surface area contributed by atoms with Crippen LogP contribution in [0.15, 0.2) is 24.3 Å². The Kier molecular flexibility index (Phi) is 4.03. The van der Waals surface area contributed by atoms with E-state index in [1.54, 1.807) is 0 Å². The summed E-state index contributed by atoms with van der Waals surface area (Å²) in [5.74, 6) is -0.0407. The van der Waals surface area contributed by atoms with Crippen molar-refractivity contribution >= 4 is 27.5 Å². The predicted molar refractivity (Wildman–Crippen MR) is 76.8 cm³/mol. The summed E-state index contributed by atoms with van der Waals surface area (Å²) in [4.78, 5) is 11.8. The number of nitrogens with one attached hydrogen (secondary N) is 1. The van der Waals surface area contributed by atoms with Gasteiger partial charge in [-0.25, -0.2) is 0 Å². The van der Waals surface area contributed by atoms with Gasteiger partial charge in [0.05, 0.1) is 4.32 Å². The van der Waals surface area contributed by atoms with Crippen molar-refractivity contribution < 1.29 is 4.79 Å². The second kappa shape index (κ2) is 4.81. The first-order chi connectivity index (χ1) is 7.60. The second-order valence-corrected chi connectivity index (χ2v) is 7.74. The minimum Gasteiger partial charge on any atom is -0.325 e. The van der Waals surface area contributed by atoms with Gasteiger partial charge < -0.3 is 5.32 Å². The molecule has 0 saturated heterocycles. The monoisotopic (exact) mass is 297 g/mol. The molecule has 0 bridgehead atoms. The van der Waals surface area contributed by atoms with Gasteiger partial charge in [0.15, 0.2) is 0 Å². The number of benzene rings is 1. The maximum Gasteiger partial charge on any atom is 0.240 e. The molecule has 0 aliphatic heterocycles. The van der Waals surface area contributed by atoms with Gasteiger partial charge in [0.25, 0.3) is 0 Å². The van der Waals surface area contributed by atoms with Crippen LogP contribution in [-0.4, -0.2) is 10.2 Å². The lowest BCUT2D eigenvalue weighted by molar-refractivity contribution is -0.117. The van der Waals surface area contributed by atoms with Gasteiger partial charge in [0.1, 0.15) is 0 Å². The van der Waals surface area contributed by atoms with Crippen molar-refractivity contribution in [2.75, 3.05) is 5.32 Å². The molecule has 0 fully saturated rings. The zero-order valence-electron chi connectivity index (χ0n) is 11.1. The Morgan fingerprint density at radius 2 is 1.53 bits per heavy atom. The molecule has 0 atom stereocenters. The van der Waals surface area contributed by atoms with E-state index >= 15 is 0 Å². The average molecular weight is 298 g/mol. The third-order valence-electron chi connectivity index (χ3n) is 2.55. The van der Waals surface area contributed by atoms with E-state index in [0.29, 0.717) is 0 Å². The van der Waals surface area contributed by atoms with Crippen molar-refractivity contribution in [3.63, 3.8) is 0 Å². The van der Waals surface area contributed by atoms with Gasteiger partial charge in [-0.2, -0.15) is 0 Å². The summed E-state index contributed by atoms with van der Waals surface area (Å²) in [5, 5.41) is 2.87. The SMILES string of the molecule is CC(C)(Br)C(=O)Nc1ccc(C(C)(C)C)cc1. The Morgan fingerprint density at radius 1 is 1.06 bits per heavy atom. The highest BCUT2D eigenvalue weighted by atomic mass is 79.9. The van der Waals surface area contributed by atoms with Gasteiger partial charge in [-0.3, -0.25) is 4.79 Å². The number of halogens is 1. The van der Waals surface area contributed by atoms with Crippen LogP contribution in [0.5, 0.6) is 0 Å². The minimum absolute atomic E-state index is 0.0407. The fourth-order valence-corrected chi connectivity index (χ4v) is 1.43. The fraction of sp³-hybridized carbons (Fsp3) is 0.500. The van der Waals surface area contributed by atoms with E-state index in [2.05, 4.69) is 54.2 Å². The summed E-state index contributed by atoms with van der Waals surface area (Å²) in [6.45, 7) is 10.2. The van der Waals surface area contributed by atoms with Crippen molar-refractivity contribution in [1.82, 2.24) is 0 Å². The van der Waals surface area contributed by atoms with E-state index in [1.165, 1.54) is 5.56 Å². The van der Waals surface area contributed by atoms with Gasteiger partial charge in [0.2, 0.25) is 5.91 Å². The van der Waals surface area contributed by atoms with E-state index in [-0.39, 0.29) is 11.3 Å². The van der Waals surface area contributed by atoms with Gasteiger partial charge >= 0.3 is 0 Å². The maximum atomic E-state index is 11.8. The summed E-state index contributed by atoms with van der Waals surface area (Å²) in [6.07, 6.45) is 0. The molecule has 1 amide bonds. The predicted octanol–water partition coefficient (Wildman–Crippen LogP) is 4.10. The molecular formula is C14H20BrNO. The first-order valence-corrected chi connectivity index (χ1v) is 6.51. The normalized spacial score (nSPS) is 12.4. The van der Waals surface area contributed by atoms with Crippen LogP contribution in [0, 0.1) is 0 Å². The molecule has 0 aliphatic carbocycles. The Hall–Kier alpha value is -0.830. The van der Waals surface area contributed by atoms with Crippen molar-refractivity contribution in [2.24, 2.45) is 0 Å². The van der Waals surface area contributed by atoms with E-state index in [0.717, 1.165) is 5.69 Å². The molecule has 0 unspecified atom stereocenters. The number of carbonyl (C=O) groups excluding carboxylic acids is 1. The zero-order valence-corrected chi connectivity index (χ0v) is 12.7. The van der Waals surface area contributed by atoms with Crippen LogP contribution in [0.3, 0.4) is 0 Å². The minimum atomic E-state index is -0.546. The zero-order chi connectivity index (χ0) is 13.3. The van der Waals surface area contributed by atoms with Crippen LogP contribution in [-0.2, 0) is 10.2 Å². The quantitative estimate of drug-likeness (QED) is 0.818. The Bertz CT molecular complexity index is 396. The lowest BCUT2D eigenvalue weighted by Crippen LogP contribution is -2.30. The first kappa shape index (κ1) is 14.2. The molecule has 2 nitrogen and oxygen atoms in total. The van der Waals surface area contributed by atoms with Crippen molar-refractivity contribution in [1.29, 1.82) is 0 Å². The van der Waals surface area contributed by atoms with Crippen LogP contribution < -0.4 is 5.32 Å². The molecule has 0 aliphatic rings. The number of anilines is 1. The van der Waals surface area contributed by atoms with E-state index in [4.69, 9.17) is 0 Å². The molecule has 0 saturated carbocycles. The van der Waals surface area contributed by atoms with Gasteiger partial charge in [-0.1, -0.05) is 48.8 Å². The van der Waals surface area contributed by atoms with E-state index in [1.807, 2.05) is 26.0 Å². The Labute approximate surface area is 112 Å². The molecule has 1 rings (SSSR count). The summed E-state index contributed by atoms with van der Waals surface area (Å²) >= 11 is 3.34. The highest BCUT2D eigenvalue weighted by molar-refractivity contribution is 9.10. The van der Waals surface area contributed by atoms with Crippen LogP contribution in [0.1, 0.15) is 40.2 Å². The fourth-order valence-electron chi connectivity index (χ4n) is 1.33. The molecule has 0 radical (unpaired) electrons. The molecule has 1 N–H and O–H groups in total. The number of hydrogen-bond donors (Lipinski definition) is 1. The van der Waals surface area contributed by atoms with Gasteiger partial charge in [-0.05, 0) is 37.0 Å². The number of alkyl halides is 1. The van der Waals surface area contributed by atoms with E-state index in [9.17, 15) is 4.79 Å². The molecule has 1 aromatic carbocycles. The maximum absolute atomic E-state index is 11.8. The molecule has 0 spiro atoms.